The zero-order valence-electron chi connectivity index (χ0n) is 8.81. The van der Waals surface area contributed by atoms with E-state index in [2.05, 4.69) is 38.4 Å². The highest BCUT2D eigenvalue weighted by Gasteiger charge is 2.29. The Bertz CT molecular complexity index is 488. The SMILES string of the molecule is Brc1c(C2CC2)nnn1Cc1ccccc1. The highest BCUT2D eigenvalue weighted by Crippen LogP contribution is 2.41. The van der Waals surface area contributed by atoms with Crippen LogP contribution in [0.5, 0.6) is 0 Å². The van der Waals surface area contributed by atoms with Crippen LogP contribution in [0.3, 0.4) is 0 Å². The third kappa shape index (κ3) is 1.89. The van der Waals surface area contributed by atoms with Gasteiger partial charge in [0.1, 0.15) is 10.3 Å². The molecule has 1 heterocycles. The quantitative estimate of drug-likeness (QED) is 0.864. The van der Waals surface area contributed by atoms with Gasteiger partial charge in [0, 0.05) is 5.92 Å². The van der Waals surface area contributed by atoms with Crippen LogP contribution in [-0.4, -0.2) is 15.0 Å². The molecule has 0 bridgehead atoms. The van der Waals surface area contributed by atoms with E-state index in [1.54, 1.807) is 0 Å². The highest BCUT2D eigenvalue weighted by molar-refractivity contribution is 9.10. The Labute approximate surface area is 103 Å². The van der Waals surface area contributed by atoms with Crippen LogP contribution in [0.2, 0.25) is 0 Å². The first-order valence-electron chi connectivity index (χ1n) is 5.47. The van der Waals surface area contributed by atoms with Crippen molar-refractivity contribution in [3.8, 4) is 0 Å². The smallest absolute Gasteiger partial charge is 0.128 e. The molecule has 82 valence electrons. The summed E-state index contributed by atoms with van der Waals surface area (Å²) in [5.74, 6) is 0.638. The summed E-state index contributed by atoms with van der Waals surface area (Å²) >= 11 is 3.59. The third-order valence-corrected chi connectivity index (χ3v) is 3.65. The minimum absolute atomic E-state index is 0.638. The van der Waals surface area contributed by atoms with Crippen molar-refractivity contribution in [3.05, 3.63) is 46.2 Å². The van der Waals surface area contributed by atoms with E-state index in [0.29, 0.717) is 5.92 Å². The number of halogens is 1. The van der Waals surface area contributed by atoms with Gasteiger partial charge in [-0.05, 0) is 34.3 Å². The summed E-state index contributed by atoms with van der Waals surface area (Å²) in [6.45, 7) is 0.779. The Balaban J connectivity index is 1.84. The lowest BCUT2D eigenvalue weighted by Crippen LogP contribution is -2.02. The summed E-state index contributed by atoms with van der Waals surface area (Å²) in [7, 11) is 0. The molecule has 2 aromatic rings. The van der Waals surface area contributed by atoms with E-state index < -0.39 is 0 Å². The predicted octanol–water partition coefficient (Wildman–Crippen LogP) is 2.97. The molecule has 0 amide bonds. The van der Waals surface area contributed by atoms with E-state index in [-0.39, 0.29) is 0 Å². The van der Waals surface area contributed by atoms with Gasteiger partial charge in [0.2, 0.25) is 0 Å². The number of rotatable bonds is 3. The number of nitrogens with zero attached hydrogens (tertiary/aromatic N) is 3. The molecule has 1 fully saturated rings. The average molecular weight is 278 g/mol. The van der Waals surface area contributed by atoms with Crippen molar-refractivity contribution in [3.63, 3.8) is 0 Å². The van der Waals surface area contributed by atoms with Gasteiger partial charge in [-0.1, -0.05) is 35.5 Å². The fourth-order valence-corrected chi connectivity index (χ4v) is 2.38. The van der Waals surface area contributed by atoms with Crippen molar-refractivity contribution in [2.24, 2.45) is 0 Å². The summed E-state index contributed by atoms with van der Waals surface area (Å²) in [6, 6.07) is 10.3. The number of aromatic nitrogens is 3. The van der Waals surface area contributed by atoms with Crippen LogP contribution < -0.4 is 0 Å². The second kappa shape index (κ2) is 4.01. The summed E-state index contributed by atoms with van der Waals surface area (Å²) in [4.78, 5) is 0. The van der Waals surface area contributed by atoms with E-state index in [1.165, 1.54) is 18.4 Å². The Morgan fingerprint density at radius 3 is 2.69 bits per heavy atom. The van der Waals surface area contributed by atoms with Crippen LogP contribution in [0.1, 0.15) is 30.0 Å². The van der Waals surface area contributed by atoms with Crippen molar-refractivity contribution in [1.29, 1.82) is 0 Å². The molecule has 4 heteroatoms. The van der Waals surface area contributed by atoms with E-state index in [0.717, 1.165) is 16.8 Å². The summed E-state index contributed by atoms with van der Waals surface area (Å²) < 4.78 is 2.96. The van der Waals surface area contributed by atoms with Crippen LogP contribution in [0, 0.1) is 0 Å². The molecule has 1 aliphatic carbocycles. The van der Waals surface area contributed by atoms with Gasteiger partial charge < -0.3 is 0 Å². The number of hydrogen-bond acceptors (Lipinski definition) is 2. The average Bonchev–Trinajstić information content (AvgIpc) is 3.08. The van der Waals surface area contributed by atoms with Gasteiger partial charge in [-0.25, -0.2) is 4.68 Å². The van der Waals surface area contributed by atoms with E-state index >= 15 is 0 Å². The molecule has 0 N–H and O–H groups in total. The molecule has 0 aliphatic heterocycles. The molecule has 0 unspecified atom stereocenters. The second-order valence-electron chi connectivity index (χ2n) is 4.18. The van der Waals surface area contributed by atoms with Crippen LogP contribution in [0.25, 0.3) is 0 Å². The molecule has 1 aromatic carbocycles. The second-order valence-corrected chi connectivity index (χ2v) is 4.93. The Morgan fingerprint density at radius 2 is 2.00 bits per heavy atom. The van der Waals surface area contributed by atoms with Crippen LogP contribution in [0.15, 0.2) is 34.9 Å². The number of benzene rings is 1. The molecule has 3 nitrogen and oxygen atoms in total. The maximum absolute atomic E-state index is 4.24. The van der Waals surface area contributed by atoms with E-state index in [1.807, 2.05) is 22.9 Å². The monoisotopic (exact) mass is 277 g/mol. The Morgan fingerprint density at radius 1 is 1.25 bits per heavy atom. The Kier molecular flexibility index (Phi) is 2.52. The molecule has 0 atom stereocenters. The van der Waals surface area contributed by atoms with E-state index in [4.69, 9.17) is 0 Å². The molecular weight excluding hydrogens is 266 g/mol. The van der Waals surface area contributed by atoms with Crippen molar-refractivity contribution in [2.45, 2.75) is 25.3 Å². The van der Waals surface area contributed by atoms with Crippen molar-refractivity contribution >= 4 is 15.9 Å². The van der Waals surface area contributed by atoms with Crippen molar-refractivity contribution in [1.82, 2.24) is 15.0 Å². The zero-order valence-corrected chi connectivity index (χ0v) is 10.4. The largest absolute Gasteiger partial charge is 0.234 e. The Hall–Kier alpha value is -1.16. The van der Waals surface area contributed by atoms with Gasteiger partial charge >= 0.3 is 0 Å². The lowest BCUT2D eigenvalue weighted by molar-refractivity contribution is 0.638. The normalized spacial score (nSPS) is 15.3. The first-order chi connectivity index (χ1) is 7.84. The molecule has 0 spiro atoms. The highest BCUT2D eigenvalue weighted by atomic mass is 79.9. The molecule has 16 heavy (non-hydrogen) atoms. The fourth-order valence-electron chi connectivity index (χ4n) is 1.78. The van der Waals surface area contributed by atoms with Crippen molar-refractivity contribution < 1.29 is 0 Å². The first-order valence-corrected chi connectivity index (χ1v) is 6.26. The van der Waals surface area contributed by atoms with Gasteiger partial charge in [0.25, 0.3) is 0 Å². The van der Waals surface area contributed by atoms with Gasteiger partial charge in [-0.2, -0.15) is 0 Å². The van der Waals surface area contributed by atoms with Crippen LogP contribution in [-0.2, 0) is 6.54 Å². The summed E-state index contributed by atoms with van der Waals surface area (Å²) in [6.07, 6.45) is 2.51. The van der Waals surface area contributed by atoms with Gasteiger partial charge in [-0.15, -0.1) is 5.10 Å². The van der Waals surface area contributed by atoms with E-state index in [9.17, 15) is 0 Å². The summed E-state index contributed by atoms with van der Waals surface area (Å²) in [5.41, 5.74) is 2.37. The van der Waals surface area contributed by atoms with Crippen molar-refractivity contribution in [2.75, 3.05) is 0 Å². The third-order valence-electron chi connectivity index (χ3n) is 2.84. The molecule has 3 rings (SSSR count). The predicted molar refractivity (Wildman–Crippen MR) is 65.2 cm³/mol. The van der Waals surface area contributed by atoms with Crippen LogP contribution in [0.4, 0.5) is 0 Å². The lowest BCUT2D eigenvalue weighted by atomic mass is 10.2. The first kappa shape index (κ1) is 10.0. The van der Waals surface area contributed by atoms with Gasteiger partial charge in [-0.3, -0.25) is 0 Å². The molecule has 1 aliphatic rings. The number of hydrogen-bond donors (Lipinski definition) is 0. The molecule has 0 saturated heterocycles. The summed E-state index contributed by atoms with van der Waals surface area (Å²) in [5, 5.41) is 8.43. The maximum Gasteiger partial charge on any atom is 0.128 e. The molecule has 1 saturated carbocycles. The fraction of sp³-hybridized carbons (Fsp3) is 0.333. The minimum Gasteiger partial charge on any atom is -0.234 e. The van der Waals surface area contributed by atoms with Gasteiger partial charge in [0.05, 0.1) is 6.54 Å². The van der Waals surface area contributed by atoms with Crippen LogP contribution >= 0.6 is 15.9 Å². The zero-order chi connectivity index (χ0) is 11.0. The van der Waals surface area contributed by atoms with Gasteiger partial charge in [0.15, 0.2) is 0 Å². The minimum atomic E-state index is 0.638. The molecule has 0 radical (unpaired) electrons. The topological polar surface area (TPSA) is 30.7 Å². The molecule has 1 aromatic heterocycles. The molecular formula is C12H12BrN3. The maximum atomic E-state index is 4.24. The standard InChI is InChI=1S/C12H12BrN3/c13-12-11(10-6-7-10)14-15-16(12)8-9-4-2-1-3-5-9/h1-5,10H,6-8H2. The lowest BCUT2D eigenvalue weighted by Gasteiger charge is -2.02.